The Hall–Kier alpha value is -1.45. The van der Waals surface area contributed by atoms with Gasteiger partial charge in [-0.15, -0.1) is 11.6 Å². The van der Waals surface area contributed by atoms with Crippen LogP contribution in [0.1, 0.15) is 11.3 Å². The summed E-state index contributed by atoms with van der Waals surface area (Å²) in [6.07, 6.45) is 1.26. The summed E-state index contributed by atoms with van der Waals surface area (Å²) in [4.78, 5) is 11.6. The standard InChI is InChI=1S/C13H10Cl2O3/c14-6-10-5-12(16)13(8-17-10)18-7-9-3-1-2-4-11(9)15/h1-5,8H,6-7H2. The lowest BCUT2D eigenvalue weighted by Gasteiger charge is -2.06. The molecule has 1 aromatic carbocycles. The highest BCUT2D eigenvalue weighted by Gasteiger charge is 2.05. The molecule has 0 fully saturated rings. The molecule has 1 aromatic heterocycles. The molecule has 0 saturated heterocycles. The molecule has 0 aliphatic rings. The summed E-state index contributed by atoms with van der Waals surface area (Å²) >= 11 is 11.5. The molecule has 2 rings (SSSR count). The van der Waals surface area contributed by atoms with E-state index < -0.39 is 0 Å². The van der Waals surface area contributed by atoms with Crippen LogP contribution in [0.2, 0.25) is 5.02 Å². The van der Waals surface area contributed by atoms with E-state index in [2.05, 4.69) is 0 Å². The first-order chi connectivity index (χ1) is 8.70. The van der Waals surface area contributed by atoms with Gasteiger partial charge >= 0.3 is 0 Å². The van der Waals surface area contributed by atoms with Crippen molar-refractivity contribution in [3.05, 3.63) is 63.2 Å². The number of rotatable bonds is 4. The van der Waals surface area contributed by atoms with E-state index in [0.717, 1.165) is 5.56 Å². The molecule has 0 aliphatic heterocycles. The Morgan fingerprint density at radius 1 is 1.28 bits per heavy atom. The predicted octanol–water partition coefficient (Wildman–Crippen LogP) is 3.61. The highest BCUT2D eigenvalue weighted by molar-refractivity contribution is 6.31. The van der Waals surface area contributed by atoms with E-state index in [9.17, 15) is 4.79 Å². The van der Waals surface area contributed by atoms with E-state index in [1.807, 2.05) is 18.2 Å². The Balaban J connectivity index is 2.11. The van der Waals surface area contributed by atoms with Crippen molar-refractivity contribution in [2.24, 2.45) is 0 Å². The second-order valence-corrected chi connectivity index (χ2v) is 4.26. The topological polar surface area (TPSA) is 39.4 Å². The lowest BCUT2D eigenvalue weighted by Crippen LogP contribution is -2.07. The minimum atomic E-state index is -0.260. The van der Waals surface area contributed by atoms with Gasteiger partial charge in [-0.2, -0.15) is 0 Å². The normalized spacial score (nSPS) is 10.3. The molecule has 0 N–H and O–H groups in total. The van der Waals surface area contributed by atoms with Gasteiger partial charge < -0.3 is 9.15 Å². The first kappa shape index (κ1) is 13.0. The molecule has 0 aliphatic carbocycles. The smallest absolute Gasteiger partial charge is 0.227 e. The van der Waals surface area contributed by atoms with Crippen LogP contribution in [0.15, 0.2) is 45.8 Å². The van der Waals surface area contributed by atoms with Crippen LogP contribution in [-0.4, -0.2) is 0 Å². The number of alkyl halides is 1. The lowest BCUT2D eigenvalue weighted by atomic mass is 10.2. The van der Waals surface area contributed by atoms with E-state index in [0.29, 0.717) is 10.8 Å². The van der Waals surface area contributed by atoms with Gasteiger partial charge in [0.1, 0.15) is 18.6 Å². The molecular weight excluding hydrogens is 275 g/mol. The summed E-state index contributed by atoms with van der Waals surface area (Å²) in [5, 5.41) is 0.597. The van der Waals surface area contributed by atoms with Crippen LogP contribution in [-0.2, 0) is 12.5 Å². The predicted molar refractivity (Wildman–Crippen MR) is 70.3 cm³/mol. The van der Waals surface area contributed by atoms with Crippen molar-refractivity contribution in [1.82, 2.24) is 0 Å². The SMILES string of the molecule is O=c1cc(CCl)occ1OCc1ccccc1Cl. The molecule has 18 heavy (non-hydrogen) atoms. The van der Waals surface area contributed by atoms with Crippen LogP contribution in [0.4, 0.5) is 0 Å². The van der Waals surface area contributed by atoms with Crippen LogP contribution in [0.3, 0.4) is 0 Å². The Kier molecular flexibility index (Phi) is 4.28. The summed E-state index contributed by atoms with van der Waals surface area (Å²) in [6, 6.07) is 8.59. The maximum absolute atomic E-state index is 11.6. The second-order valence-electron chi connectivity index (χ2n) is 3.59. The Bertz CT molecular complexity index is 593. The Labute approximate surface area is 114 Å². The molecule has 5 heteroatoms. The Morgan fingerprint density at radius 3 is 2.72 bits per heavy atom. The number of benzene rings is 1. The average Bonchev–Trinajstić information content (AvgIpc) is 2.39. The van der Waals surface area contributed by atoms with Crippen molar-refractivity contribution in [2.45, 2.75) is 12.5 Å². The zero-order chi connectivity index (χ0) is 13.0. The van der Waals surface area contributed by atoms with Gasteiger partial charge in [-0.25, -0.2) is 0 Å². The molecule has 0 radical (unpaired) electrons. The van der Waals surface area contributed by atoms with Crippen LogP contribution in [0.5, 0.6) is 5.75 Å². The van der Waals surface area contributed by atoms with Crippen molar-refractivity contribution in [1.29, 1.82) is 0 Å². The second kappa shape index (κ2) is 5.94. The monoisotopic (exact) mass is 284 g/mol. The van der Waals surface area contributed by atoms with Crippen LogP contribution in [0.25, 0.3) is 0 Å². The van der Waals surface area contributed by atoms with Crippen LogP contribution >= 0.6 is 23.2 Å². The summed E-state index contributed by atoms with van der Waals surface area (Å²) in [6.45, 7) is 0.213. The van der Waals surface area contributed by atoms with Crippen molar-refractivity contribution >= 4 is 23.2 Å². The minimum absolute atomic E-state index is 0.142. The maximum Gasteiger partial charge on any atom is 0.227 e. The molecule has 0 amide bonds. The number of hydrogen-bond acceptors (Lipinski definition) is 3. The first-order valence-corrected chi connectivity index (χ1v) is 6.16. The van der Waals surface area contributed by atoms with Crippen LogP contribution in [0, 0.1) is 0 Å². The van der Waals surface area contributed by atoms with Gasteiger partial charge in [-0.1, -0.05) is 29.8 Å². The van der Waals surface area contributed by atoms with Crippen molar-refractivity contribution < 1.29 is 9.15 Å². The molecule has 94 valence electrons. The van der Waals surface area contributed by atoms with Gasteiger partial charge in [0.25, 0.3) is 0 Å². The van der Waals surface area contributed by atoms with Crippen LogP contribution < -0.4 is 10.2 Å². The van der Waals surface area contributed by atoms with Gasteiger partial charge in [0, 0.05) is 16.7 Å². The quantitative estimate of drug-likeness (QED) is 0.805. The van der Waals surface area contributed by atoms with E-state index in [1.54, 1.807) is 6.07 Å². The molecule has 0 unspecified atom stereocenters. The van der Waals surface area contributed by atoms with Gasteiger partial charge in [0.05, 0.1) is 5.88 Å². The number of ether oxygens (including phenoxy) is 1. The molecule has 0 bridgehead atoms. The third-order valence-corrected chi connectivity index (χ3v) is 2.96. The fourth-order valence-electron chi connectivity index (χ4n) is 1.38. The number of halogens is 2. The molecule has 0 saturated carbocycles. The van der Waals surface area contributed by atoms with Gasteiger partial charge in [0.15, 0.2) is 0 Å². The third-order valence-electron chi connectivity index (χ3n) is 2.32. The van der Waals surface area contributed by atoms with E-state index >= 15 is 0 Å². The van der Waals surface area contributed by atoms with Gasteiger partial charge in [-0.3, -0.25) is 4.79 Å². The van der Waals surface area contributed by atoms with Crippen molar-refractivity contribution in [2.75, 3.05) is 0 Å². The zero-order valence-electron chi connectivity index (χ0n) is 9.36. The zero-order valence-corrected chi connectivity index (χ0v) is 10.9. The molecule has 3 nitrogen and oxygen atoms in total. The Morgan fingerprint density at radius 2 is 2.06 bits per heavy atom. The summed E-state index contributed by atoms with van der Waals surface area (Å²) < 4.78 is 10.5. The summed E-state index contributed by atoms with van der Waals surface area (Å²) in [5.74, 6) is 0.704. The number of hydrogen-bond donors (Lipinski definition) is 0. The molecular formula is C13H10Cl2O3. The van der Waals surface area contributed by atoms with E-state index in [-0.39, 0.29) is 23.7 Å². The summed E-state index contributed by atoms with van der Waals surface area (Å²) in [5.41, 5.74) is 0.545. The molecule has 0 atom stereocenters. The van der Waals surface area contributed by atoms with Crippen molar-refractivity contribution in [3.8, 4) is 5.75 Å². The molecule has 1 heterocycles. The average molecular weight is 285 g/mol. The van der Waals surface area contributed by atoms with Gasteiger partial charge in [-0.05, 0) is 6.07 Å². The van der Waals surface area contributed by atoms with E-state index in [1.165, 1.54) is 12.3 Å². The lowest BCUT2D eigenvalue weighted by molar-refractivity contribution is 0.290. The highest BCUT2D eigenvalue weighted by Crippen LogP contribution is 2.17. The maximum atomic E-state index is 11.6. The highest BCUT2D eigenvalue weighted by atomic mass is 35.5. The fraction of sp³-hybridized carbons (Fsp3) is 0.154. The minimum Gasteiger partial charge on any atom is -0.482 e. The van der Waals surface area contributed by atoms with Crippen molar-refractivity contribution in [3.63, 3.8) is 0 Å². The van der Waals surface area contributed by atoms with Gasteiger partial charge in [0.2, 0.25) is 11.2 Å². The summed E-state index contributed by atoms with van der Waals surface area (Å²) in [7, 11) is 0. The first-order valence-electron chi connectivity index (χ1n) is 5.24. The molecule has 0 spiro atoms. The third kappa shape index (κ3) is 3.06. The largest absolute Gasteiger partial charge is 0.482 e. The molecule has 2 aromatic rings. The van der Waals surface area contributed by atoms with E-state index in [4.69, 9.17) is 32.4 Å². The fourth-order valence-corrected chi connectivity index (χ4v) is 1.72.